The molecule has 2 fully saturated rings. The Morgan fingerprint density at radius 3 is 2.69 bits per heavy atom. The lowest BCUT2D eigenvalue weighted by Crippen LogP contribution is -2.56. The zero-order valence-corrected chi connectivity index (χ0v) is 11.4. The van der Waals surface area contributed by atoms with Crippen molar-refractivity contribution >= 4 is 11.8 Å². The molecule has 2 aliphatic rings. The Morgan fingerprint density at radius 1 is 1.25 bits per heavy atom. The highest BCUT2D eigenvalue weighted by molar-refractivity contribution is 7.99. The first-order chi connectivity index (χ1) is 7.77. The summed E-state index contributed by atoms with van der Waals surface area (Å²) in [4.78, 5) is 2.72. The summed E-state index contributed by atoms with van der Waals surface area (Å²) >= 11 is 2.11. The Labute approximate surface area is 104 Å². The lowest BCUT2D eigenvalue weighted by molar-refractivity contribution is 0.0514. The average molecular weight is 242 g/mol. The zero-order chi connectivity index (χ0) is 11.4. The summed E-state index contributed by atoms with van der Waals surface area (Å²) in [5.41, 5.74) is 6.48. The number of thioether (sulfide) groups is 1. The van der Waals surface area contributed by atoms with Gasteiger partial charge in [-0.05, 0) is 50.3 Å². The Bertz CT molecular complexity index is 204. The fourth-order valence-electron chi connectivity index (χ4n) is 3.17. The third kappa shape index (κ3) is 2.74. The van der Waals surface area contributed by atoms with Crippen molar-refractivity contribution < 1.29 is 0 Å². The quantitative estimate of drug-likeness (QED) is 0.806. The molecule has 2 rings (SSSR count). The molecule has 0 spiro atoms. The van der Waals surface area contributed by atoms with Crippen molar-refractivity contribution in [2.45, 2.75) is 44.6 Å². The van der Waals surface area contributed by atoms with E-state index in [1.807, 2.05) is 0 Å². The molecule has 0 bridgehead atoms. The zero-order valence-electron chi connectivity index (χ0n) is 10.6. The number of nitrogens with zero attached hydrogens (tertiary/aromatic N) is 1. The molecule has 0 aromatic heterocycles. The predicted octanol–water partition coefficient (Wildman–Crippen LogP) is 2.33. The fraction of sp³-hybridized carbons (Fsp3) is 1.00. The van der Waals surface area contributed by atoms with Gasteiger partial charge >= 0.3 is 0 Å². The van der Waals surface area contributed by atoms with Crippen molar-refractivity contribution in [3.8, 4) is 0 Å². The van der Waals surface area contributed by atoms with Gasteiger partial charge in [0.15, 0.2) is 0 Å². The van der Waals surface area contributed by atoms with Gasteiger partial charge in [-0.25, -0.2) is 0 Å². The third-order valence-corrected chi connectivity index (χ3v) is 5.53. The monoisotopic (exact) mass is 242 g/mol. The summed E-state index contributed by atoms with van der Waals surface area (Å²) in [7, 11) is 0. The van der Waals surface area contributed by atoms with Crippen molar-refractivity contribution in [3.63, 3.8) is 0 Å². The van der Waals surface area contributed by atoms with E-state index < -0.39 is 0 Å². The van der Waals surface area contributed by atoms with Crippen molar-refractivity contribution in [1.82, 2.24) is 4.90 Å². The van der Waals surface area contributed by atoms with Gasteiger partial charge in [-0.1, -0.05) is 6.92 Å². The van der Waals surface area contributed by atoms with Gasteiger partial charge in [0.05, 0.1) is 0 Å². The maximum absolute atomic E-state index is 6.12. The van der Waals surface area contributed by atoms with Crippen LogP contribution in [0.15, 0.2) is 0 Å². The van der Waals surface area contributed by atoms with E-state index in [0.717, 1.165) is 12.5 Å². The van der Waals surface area contributed by atoms with Crippen LogP contribution in [0, 0.1) is 5.92 Å². The van der Waals surface area contributed by atoms with Crippen LogP contribution in [-0.4, -0.2) is 41.6 Å². The lowest BCUT2D eigenvalue weighted by atomic mass is 9.76. The number of rotatable bonds is 2. The standard InChI is InChI=1S/C13H26N2S/c1-12-3-5-13(11-14,6-4-12)15-7-2-9-16-10-8-15/h12H,2-11,14H2,1H3. The second kappa shape index (κ2) is 5.74. The molecule has 1 aliphatic carbocycles. The van der Waals surface area contributed by atoms with Gasteiger partial charge in [0.1, 0.15) is 0 Å². The Balaban J connectivity index is 2.01. The second-order valence-corrected chi connectivity index (χ2v) is 6.79. The van der Waals surface area contributed by atoms with E-state index in [0.29, 0.717) is 5.54 Å². The highest BCUT2D eigenvalue weighted by Crippen LogP contribution is 2.36. The molecule has 1 saturated heterocycles. The molecular formula is C13H26N2S. The molecular weight excluding hydrogens is 216 g/mol. The second-order valence-electron chi connectivity index (χ2n) is 5.56. The van der Waals surface area contributed by atoms with Gasteiger partial charge in [-0.2, -0.15) is 11.8 Å². The summed E-state index contributed by atoms with van der Waals surface area (Å²) in [6.45, 7) is 5.79. The fourth-order valence-corrected chi connectivity index (χ4v) is 4.06. The molecule has 1 heterocycles. The Hall–Kier alpha value is 0.270. The molecule has 2 N–H and O–H groups in total. The first-order valence-electron chi connectivity index (χ1n) is 6.80. The molecule has 2 nitrogen and oxygen atoms in total. The van der Waals surface area contributed by atoms with E-state index in [1.54, 1.807) is 0 Å². The normalized spacial score (nSPS) is 38.2. The largest absolute Gasteiger partial charge is 0.329 e. The summed E-state index contributed by atoms with van der Waals surface area (Å²) in [5, 5.41) is 0. The molecule has 0 unspecified atom stereocenters. The van der Waals surface area contributed by atoms with Gasteiger partial charge in [0.2, 0.25) is 0 Å². The number of hydrogen-bond acceptors (Lipinski definition) is 3. The highest BCUT2D eigenvalue weighted by Gasteiger charge is 2.38. The Morgan fingerprint density at radius 2 is 2.00 bits per heavy atom. The average Bonchev–Trinajstić information content (AvgIpc) is 2.60. The van der Waals surface area contributed by atoms with Gasteiger partial charge in [0.25, 0.3) is 0 Å². The topological polar surface area (TPSA) is 29.3 Å². The van der Waals surface area contributed by atoms with Crippen LogP contribution in [0.4, 0.5) is 0 Å². The van der Waals surface area contributed by atoms with Crippen LogP contribution < -0.4 is 5.73 Å². The first kappa shape index (κ1) is 12.7. The minimum Gasteiger partial charge on any atom is -0.329 e. The Kier molecular flexibility index (Phi) is 4.57. The SMILES string of the molecule is CC1CCC(CN)(N2CCCSCC2)CC1. The van der Waals surface area contributed by atoms with E-state index >= 15 is 0 Å². The molecule has 1 saturated carbocycles. The molecule has 94 valence electrons. The maximum Gasteiger partial charge on any atom is 0.0332 e. The highest BCUT2D eigenvalue weighted by atomic mass is 32.2. The van der Waals surface area contributed by atoms with E-state index in [2.05, 4.69) is 23.6 Å². The molecule has 0 aromatic rings. The smallest absolute Gasteiger partial charge is 0.0332 e. The summed E-state index contributed by atoms with van der Waals surface area (Å²) in [5.74, 6) is 3.56. The molecule has 16 heavy (non-hydrogen) atoms. The summed E-state index contributed by atoms with van der Waals surface area (Å²) < 4.78 is 0. The number of hydrogen-bond donors (Lipinski definition) is 1. The number of nitrogens with two attached hydrogens (primary N) is 1. The van der Waals surface area contributed by atoms with Gasteiger partial charge in [0, 0.05) is 24.4 Å². The molecule has 0 amide bonds. The van der Waals surface area contributed by atoms with Crippen molar-refractivity contribution in [3.05, 3.63) is 0 Å². The summed E-state index contributed by atoms with van der Waals surface area (Å²) in [6, 6.07) is 0. The van der Waals surface area contributed by atoms with Crippen LogP contribution in [0.1, 0.15) is 39.0 Å². The van der Waals surface area contributed by atoms with Gasteiger partial charge in [-0.3, -0.25) is 4.90 Å². The van der Waals surface area contributed by atoms with Crippen molar-refractivity contribution in [2.24, 2.45) is 11.7 Å². The summed E-state index contributed by atoms with van der Waals surface area (Å²) in [6.07, 6.45) is 6.76. The molecule has 0 atom stereocenters. The van der Waals surface area contributed by atoms with Gasteiger partial charge < -0.3 is 5.73 Å². The van der Waals surface area contributed by atoms with E-state index in [-0.39, 0.29) is 0 Å². The maximum atomic E-state index is 6.12. The van der Waals surface area contributed by atoms with Crippen molar-refractivity contribution in [1.29, 1.82) is 0 Å². The van der Waals surface area contributed by atoms with Crippen LogP contribution >= 0.6 is 11.8 Å². The van der Waals surface area contributed by atoms with Crippen LogP contribution in [-0.2, 0) is 0 Å². The van der Waals surface area contributed by atoms with Crippen LogP contribution in [0.25, 0.3) is 0 Å². The van der Waals surface area contributed by atoms with E-state index in [9.17, 15) is 0 Å². The minimum absolute atomic E-state index is 0.359. The first-order valence-corrected chi connectivity index (χ1v) is 7.95. The molecule has 0 radical (unpaired) electrons. The molecule has 1 aliphatic heterocycles. The van der Waals surface area contributed by atoms with Crippen LogP contribution in [0.5, 0.6) is 0 Å². The predicted molar refractivity (Wildman–Crippen MR) is 72.9 cm³/mol. The van der Waals surface area contributed by atoms with Gasteiger partial charge in [-0.15, -0.1) is 0 Å². The van der Waals surface area contributed by atoms with E-state index in [4.69, 9.17) is 5.73 Å². The lowest BCUT2D eigenvalue weighted by Gasteiger charge is -2.47. The van der Waals surface area contributed by atoms with E-state index in [1.165, 1.54) is 56.7 Å². The third-order valence-electron chi connectivity index (χ3n) is 4.48. The molecule has 0 aromatic carbocycles. The van der Waals surface area contributed by atoms with Crippen molar-refractivity contribution in [2.75, 3.05) is 31.1 Å². The van der Waals surface area contributed by atoms with Crippen LogP contribution in [0.2, 0.25) is 0 Å². The molecule has 3 heteroatoms. The minimum atomic E-state index is 0.359. The van der Waals surface area contributed by atoms with Crippen LogP contribution in [0.3, 0.4) is 0 Å².